The maximum atomic E-state index is 12.6. The van der Waals surface area contributed by atoms with Crippen LogP contribution in [-0.4, -0.2) is 47.7 Å². The van der Waals surface area contributed by atoms with E-state index in [1.54, 1.807) is 0 Å². The first kappa shape index (κ1) is 15.5. The van der Waals surface area contributed by atoms with Gasteiger partial charge in [0.1, 0.15) is 0 Å². The molecule has 20 heavy (non-hydrogen) atoms. The van der Waals surface area contributed by atoms with E-state index in [1.165, 1.54) is 6.42 Å². The predicted octanol–water partition coefficient (Wildman–Crippen LogP) is 2.37. The Labute approximate surface area is 128 Å². The molecule has 0 aliphatic carbocycles. The predicted molar refractivity (Wildman–Crippen MR) is 82.9 cm³/mol. The van der Waals surface area contributed by atoms with Crippen molar-refractivity contribution in [1.82, 2.24) is 20.4 Å². The molecule has 2 N–H and O–H groups in total. The Bertz CT molecular complexity index is 470. The van der Waals surface area contributed by atoms with Crippen LogP contribution in [0.25, 0.3) is 0 Å². The molecular weight excluding hydrogens is 320 g/mol. The Morgan fingerprint density at radius 3 is 2.95 bits per heavy atom. The van der Waals surface area contributed by atoms with Crippen LogP contribution in [0, 0.1) is 5.92 Å². The summed E-state index contributed by atoms with van der Waals surface area (Å²) in [6.07, 6.45) is 2.25. The summed E-state index contributed by atoms with van der Waals surface area (Å²) in [6.45, 7) is 6.76. The van der Waals surface area contributed by atoms with Crippen molar-refractivity contribution in [2.75, 3.05) is 26.7 Å². The first-order valence-electron chi connectivity index (χ1n) is 7.22. The molecule has 0 radical (unpaired) electrons. The first-order chi connectivity index (χ1) is 9.54. The third kappa shape index (κ3) is 3.23. The van der Waals surface area contributed by atoms with Crippen LogP contribution in [0.4, 0.5) is 0 Å². The van der Waals surface area contributed by atoms with Gasteiger partial charge in [0.05, 0.1) is 10.2 Å². The van der Waals surface area contributed by atoms with E-state index in [2.05, 4.69) is 45.3 Å². The van der Waals surface area contributed by atoms with Crippen molar-refractivity contribution < 1.29 is 4.79 Å². The topological polar surface area (TPSA) is 61.0 Å². The van der Waals surface area contributed by atoms with E-state index >= 15 is 0 Å². The number of halogens is 1. The molecule has 1 amide bonds. The monoisotopic (exact) mass is 342 g/mol. The van der Waals surface area contributed by atoms with Crippen LogP contribution in [0.2, 0.25) is 0 Å². The molecule has 112 valence electrons. The number of piperidine rings is 1. The Balaban J connectivity index is 2.11. The zero-order valence-corrected chi connectivity index (χ0v) is 14.0. The van der Waals surface area contributed by atoms with Crippen LogP contribution in [0.5, 0.6) is 0 Å². The van der Waals surface area contributed by atoms with Gasteiger partial charge < -0.3 is 10.2 Å². The molecule has 1 aromatic rings. The molecule has 1 unspecified atom stereocenters. The Hall–Kier alpha value is -0.880. The lowest BCUT2D eigenvalue weighted by Gasteiger charge is -2.32. The van der Waals surface area contributed by atoms with Crippen molar-refractivity contribution in [2.45, 2.75) is 32.6 Å². The number of rotatable bonds is 4. The lowest BCUT2D eigenvalue weighted by Crippen LogP contribution is -2.42. The second-order valence-corrected chi connectivity index (χ2v) is 6.56. The summed E-state index contributed by atoms with van der Waals surface area (Å²) < 4.78 is 0.813. The molecular formula is C14H23BrN4O. The van der Waals surface area contributed by atoms with Crippen molar-refractivity contribution in [3.05, 3.63) is 15.9 Å². The van der Waals surface area contributed by atoms with E-state index in [-0.39, 0.29) is 5.91 Å². The highest BCUT2D eigenvalue weighted by Crippen LogP contribution is 2.27. The van der Waals surface area contributed by atoms with E-state index in [1.807, 2.05) is 11.9 Å². The number of nitrogens with zero attached hydrogens (tertiary/aromatic N) is 2. The number of likely N-dealkylation sites (tertiary alicyclic amines) is 1. The van der Waals surface area contributed by atoms with Gasteiger partial charge in [0.2, 0.25) is 0 Å². The standard InChI is InChI=1S/C14H23BrN4O/c1-9(2)12-11(15)13(18-17-12)14(20)19-6-4-5-10(8-19)7-16-3/h9-10,16H,4-8H2,1-3H3,(H,17,18). The maximum absolute atomic E-state index is 12.6. The van der Waals surface area contributed by atoms with Crippen molar-refractivity contribution in [1.29, 1.82) is 0 Å². The normalized spacial score (nSPS) is 19.6. The number of carbonyl (C=O) groups is 1. The van der Waals surface area contributed by atoms with Gasteiger partial charge in [0.15, 0.2) is 5.69 Å². The molecule has 2 heterocycles. The van der Waals surface area contributed by atoms with Crippen LogP contribution in [-0.2, 0) is 0 Å². The zero-order chi connectivity index (χ0) is 14.7. The number of aromatic nitrogens is 2. The average Bonchev–Trinajstić information content (AvgIpc) is 2.80. The second kappa shape index (κ2) is 6.72. The average molecular weight is 343 g/mol. The van der Waals surface area contributed by atoms with Crippen LogP contribution in [0.1, 0.15) is 48.8 Å². The fraction of sp³-hybridized carbons (Fsp3) is 0.714. The largest absolute Gasteiger partial charge is 0.337 e. The number of H-pyrrole nitrogens is 1. The number of amides is 1. The zero-order valence-electron chi connectivity index (χ0n) is 12.4. The molecule has 0 spiro atoms. The highest BCUT2D eigenvalue weighted by Gasteiger charge is 2.28. The van der Waals surface area contributed by atoms with Gasteiger partial charge in [0.25, 0.3) is 5.91 Å². The molecule has 6 heteroatoms. The molecule has 1 atom stereocenters. The summed E-state index contributed by atoms with van der Waals surface area (Å²) in [5.74, 6) is 0.887. The number of nitrogens with one attached hydrogen (secondary N) is 2. The quantitative estimate of drug-likeness (QED) is 0.882. The number of carbonyl (C=O) groups excluding carboxylic acids is 1. The molecule has 1 fully saturated rings. The van der Waals surface area contributed by atoms with Crippen molar-refractivity contribution in [3.8, 4) is 0 Å². The molecule has 1 aliphatic rings. The highest BCUT2D eigenvalue weighted by atomic mass is 79.9. The van der Waals surface area contributed by atoms with Gasteiger partial charge in [0, 0.05) is 13.1 Å². The fourth-order valence-electron chi connectivity index (χ4n) is 2.72. The minimum atomic E-state index is 0.0285. The van der Waals surface area contributed by atoms with E-state index in [0.29, 0.717) is 17.5 Å². The van der Waals surface area contributed by atoms with Gasteiger partial charge in [-0.3, -0.25) is 9.89 Å². The number of aromatic amines is 1. The Morgan fingerprint density at radius 2 is 2.35 bits per heavy atom. The van der Waals surface area contributed by atoms with Gasteiger partial charge in [-0.15, -0.1) is 0 Å². The third-order valence-electron chi connectivity index (χ3n) is 3.81. The van der Waals surface area contributed by atoms with E-state index in [0.717, 1.165) is 36.2 Å². The molecule has 1 saturated heterocycles. The molecule has 1 aromatic heterocycles. The minimum Gasteiger partial charge on any atom is -0.337 e. The summed E-state index contributed by atoms with van der Waals surface area (Å²) in [5, 5.41) is 10.4. The van der Waals surface area contributed by atoms with E-state index < -0.39 is 0 Å². The first-order valence-corrected chi connectivity index (χ1v) is 8.01. The number of hydrogen-bond donors (Lipinski definition) is 2. The molecule has 1 aliphatic heterocycles. The third-order valence-corrected chi connectivity index (χ3v) is 4.61. The van der Waals surface area contributed by atoms with Gasteiger partial charge in [-0.25, -0.2) is 0 Å². The molecule has 0 saturated carbocycles. The van der Waals surface area contributed by atoms with E-state index in [9.17, 15) is 4.79 Å². The SMILES string of the molecule is CNCC1CCCN(C(=O)c2n[nH]c(C(C)C)c2Br)C1. The van der Waals surface area contributed by atoms with Crippen LogP contribution in [0.15, 0.2) is 4.47 Å². The van der Waals surface area contributed by atoms with Crippen molar-refractivity contribution in [2.24, 2.45) is 5.92 Å². The summed E-state index contributed by atoms with van der Waals surface area (Å²) in [4.78, 5) is 14.5. The Kier molecular flexibility index (Phi) is 5.21. The summed E-state index contributed by atoms with van der Waals surface area (Å²) in [7, 11) is 1.96. The fourth-order valence-corrected chi connectivity index (χ4v) is 3.53. The smallest absolute Gasteiger partial charge is 0.275 e. The molecule has 0 aromatic carbocycles. The Morgan fingerprint density at radius 1 is 1.60 bits per heavy atom. The second-order valence-electron chi connectivity index (χ2n) is 5.77. The van der Waals surface area contributed by atoms with Crippen LogP contribution >= 0.6 is 15.9 Å². The lowest BCUT2D eigenvalue weighted by molar-refractivity contribution is 0.0667. The van der Waals surface area contributed by atoms with Crippen molar-refractivity contribution in [3.63, 3.8) is 0 Å². The van der Waals surface area contributed by atoms with Crippen LogP contribution < -0.4 is 5.32 Å². The molecule has 5 nitrogen and oxygen atoms in total. The molecule has 2 rings (SSSR count). The maximum Gasteiger partial charge on any atom is 0.275 e. The van der Waals surface area contributed by atoms with Gasteiger partial charge in [-0.2, -0.15) is 5.10 Å². The van der Waals surface area contributed by atoms with Crippen LogP contribution in [0.3, 0.4) is 0 Å². The lowest BCUT2D eigenvalue weighted by atomic mass is 9.98. The number of hydrogen-bond acceptors (Lipinski definition) is 3. The minimum absolute atomic E-state index is 0.0285. The van der Waals surface area contributed by atoms with E-state index in [4.69, 9.17) is 0 Å². The summed E-state index contributed by atoms with van der Waals surface area (Å²) in [5.41, 5.74) is 1.50. The molecule has 0 bridgehead atoms. The van der Waals surface area contributed by atoms with Gasteiger partial charge in [-0.1, -0.05) is 13.8 Å². The summed E-state index contributed by atoms with van der Waals surface area (Å²) in [6, 6.07) is 0. The van der Waals surface area contributed by atoms with Crippen molar-refractivity contribution >= 4 is 21.8 Å². The van der Waals surface area contributed by atoms with Gasteiger partial charge in [-0.05, 0) is 54.2 Å². The van der Waals surface area contributed by atoms with Gasteiger partial charge >= 0.3 is 0 Å². The summed E-state index contributed by atoms with van der Waals surface area (Å²) >= 11 is 3.51. The highest BCUT2D eigenvalue weighted by molar-refractivity contribution is 9.10.